The number of hydrogen-bond acceptors (Lipinski definition) is 2. The summed E-state index contributed by atoms with van der Waals surface area (Å²) in [6.45, 7) is 4.15. The van der Waals surface area contributed by atoms with Gasteiger partial charge in [0.15, 0.2) is 5.78 Å². The van der Waals surface area contributed by atoms with Crippen molar-refractivity contribution >= 4 is 11.7 Å². The monoisotopic (exact) mass is 345 g/mol. The zero-order chi connectivity index (χ0) is 18.4. The van der Waals surface area contributed by atoms with E-state index in [9.17, 15) is 18.4 Å². The van der Waals surface area contributed by atoms with Gasteiger partial charge in [0.2, 0.25) is 5.91 Å². The molecule has 0 aromatic heterocycles. The van der Waals surface area contributed by atoms with Gasteiger partial charge in [-0.2, -0.15) is 0 Å². The molecule has 1 N–H and O–H groups in total. The predicted molar refractivity (Wildman–Crippen MR) is 92.6 cm³/mol. The van der Waals surface area contributed by atoms with Gasteiger partial charge in [-0.1, -0.05) is 18.2 Å². The number of halogens is 2. The zero-order valence-electron chi connectivity index (χ0n) is 14.4. The van der Waals surface area contributed by atoms with Crippen molar-refractivity contribution in [3.05, 3.63) is 70.3 Å². The lowest BCUT2D eigenvalue weighted by molar-refractivity contribution is -0.121. The van der Waals surface area contributed by atoms with E-state index in [0.29, 0.717) is 11.1 Å². The van der Waals surface area contributed by atoms with Crippen molar-refractivity contribution in [3.63, 3.8) is 0 Å². The van der Waals surface area contributed by atoms with Gasteiger partial charge in [-0.25, -0.2) is 8.78 Å². The molecule has 2 aromatic rings. The van der Waals surface area contributed by atoms with Crippen LogP contribution in [0.4, 0.5) is 8.78 Å². The fraction of sp³-hybridized carbons (Fsp3) is 0.300. The van der Waals surface area contributed by atoms with E-state index in [1.54, 1.807) is 6.07 Å². The number of aryl methyl sites for hydroxylation is 2. The van der Waals surface area contributed by atoms with Crippen LogP contribution >= 0.6 is 0 Å². The average Bonchev–Trinajstić information content (AvgIpc) is 2.57. The summed E-state index contributed by atoms with van der Waals surface area (Å²) in [7, 11) is 0. The quantitative estimate of drug-likeness (QED) is 0.774. The molecule has 3 nitrogen and oxygen atoms in total. The molecule has 25 heavy (non-hydrogen) atoms. The van der Waals surface area contributed by atoms with Crippen LogP contribution in [0.15, 0.2) is 36.4 Å². The van der Waals surface area contributed by atoms with Gasteiger partial charge in [-0.3, -0.25) is 9.59 Å². The summed E-state index contributed by atoms with van der Waals surface area (Å²) in [5, 5.41) is 2.65. The van der Waals surface area contributed by atoms with E-state index in [0.717, 1.165) is 17.2 Å². The fourth-order valence-corrected chi connectivity index (χ4v) is 2.44. The largest absolute Gasteiger partial charge is 0.356 e. The van der Waals surface area contributed by atoms with Gasteiger partial charge in [0, 0.05) is 31.0 Å². The maximum atomic E-state index is 13.5. The number of hydrogen-bond donors (Lipinski definition) is 1. The molecular formula is C20H21F2NO2. The van der Waals surface area contributed by atoms with Crippen LogP contribution in [0.1, 0.15) is 39.9 Å². The molecule has 2 rings (SSSR count). The highest BCUT2D eigenvalue weighted by Crippen LogP contribution is 2.13. The molecular weight excluding hydrogens is 324 g/mol. The molecule has 0 bridgehead atoms. The number of Topliss-reactive ketones (excluding diaryl/α,β-unsaturated/α-hetero) is 1. The number of ketones is 1. The Morgan fingerprint density at radius 3 is 2.40 bits per heavy atom. The molecule has 0 aliphatic carbocycles. The summed E-state index contributed by atoms with van der Waals surface area (Å²) in [5.74, 6) is -1.60. The molecule has 0 fully saturated rings. The lowest BCUT2D eigenvalue weighted by Crippen LogP contribution is -2.26. The molecule has 0 heterocycles. The maximum Gasteiger partial charge on any atom is 0.220 e. The second-order valence-electron chi connectivity index (χ2n) is 6.06. The third-order valence-electron chi connectivity index (χ3n) is 4.14. The Kier molecular flexibility index (Phi) is 6.39. The standard InChI is InChI=1S/C20H21F2NO2/c1-13-3-4-16(11-14(13)2)19(24)7-8-20(25)23-10-9-15-5-6-17(21)12-18(15)22/h3-6,11-12H,7-10H2,1-2H3,(H,23,25). The minimum Gasteiger partial charge on any atom is -0.356 e. The minimum absolute atomic E-state index is 0.0807. The number of benzene rings is 2. The zero-order valence-corrected chi connectivity index (χ0v) is 14.4. The van der Waals surface area contributed by atoms with Gasteiger partial charge in [0.1, 0.15) is 11.6 Å². The molecule has 0 radical (unpaired) electrons. The van der Waals surface area contributed by atoms with E-state index in [1.807, 2.05) is 26.0 Å². The topological polar surface area (TPSA) is 46.2 Å². The molecule has 1 amide bonds. The number of carbonyl (C=O) groups is 2. The average molecular weight is 345 g/mol. The van der Waals surface area contributed by atoms with Crippen LogP contribution in [0, 0.1) is 25.5 Å². The van der Waals surface area contributed by atoms with Gasteiger partial charge in [-0.05, 0) is 49.1 Å². The van der Waals surface area contributed by atoms with Crippen LogP contribution in [-0.2, 0) is 11.2 Å². The van der Waals surface area contributed by atoms with Crippen molar-refractivity contribution in [2.24, 2.45) is 0 Å². The van der Waals surface area contributed by atoms with E-state index in [-0.39, 0.29) is 37.5 Å². The third kappa shape index (κ3) is 5.48. The van der Waals surface area contributed by atoms with Crippen molar-refractivity contribution in [2.45, 2.75) is 33.1 Å². The third-order valence-corrected chi connectivity index (χ3v) is 4.14. The van der Waals surface area contributed by atoms with Gasteiger partial charge < -0.3 is 5.32 Å². The molecule has 0 unspecified atom stereocenters. The fourth-order valence-electron chi connectivity index (χ4n) is 2.44. The van der Waals surface area contributed by atoms with Gasteiger partial charge in [0.25, 0.3) is 0 Å². The summed E-state index contributed by atoms with van der Waals surface area (Å²) in [6.07, 6.45) is 0.472. The summed E-state index contributed by atoms with van der Waals surface area (Å²) in [5.41, 5.74) is 3.09. The van der Waals surface area contributed by atoms with Crippen molar-refractivity contribution in [2.75, 3.05) is 6.54 Å². The number of amides is 1. The molecule has 2 aromatic carbocycles. The van der Waals surface area contributed by atoms with E-state index >= 15 is 0 Å². The number of carbonyl (C=O) groups excluding carboxylic acids is 2. The molecule has 132 valence electrons. The molecule has 0 saturated heterocycles. The first-order valence-electron chi connectivity index (χ1n) is 8.18. The summed E-state index contributed by atoms with van der Waals surface area (Å²) in [4.78, 5) is 23.9. The highest BCUT2D eigenvalue weighted by molar-refractivity contribution is 5.98. The van der Waals surface area contributed by atoms with Crippen molar-refractivity contribution in [3.8, 4) is 0 Å². The summed E-state index contributed by atoms with van der Waals surface area (Å²) >= 11 is 0. The van der Waals surface area contributed by atoms with E-state index in [1.165, 1.54) is 12.1 Å². The summed E-state index contributed by atoms with van der Waals surface area (Å²) < 4.78 is 26.3. The Bertz CT molecular complexity index is 787. The maximum absolute atomic E-state index is 13.5. The Morgan fingerprint density at radius 2 is 1.72 bits per heavy atom. The van der Waals surface area contributed by atoms with Crippen LogP contribution in [0.25, 0.3) is 0 Å². The lowest BCUT2D eigenvalue weighted by Gasteiger charge is -2.07. The first-order chi connectivity index (χ1) is 11.9. The van der Waals surface area contributed by atoms with Gasteiger partial charge in [-0.15, -0.1) is 0 Å². The molecule has 5 heteroatoms. The summed E-state index contributed by atoms with van der Waals surface area (Å²) in [6, 6.07) is 8.84. The van der Waals surface area contributed by atoms with E-state index in [2.05, 4.69) is 5.32 Å². The molecule has 0 aliphatic rings. The number of nitrogens with one attached hydrogen (secondary N) is 1. The minimum atomic E-state index is -0.629. The van der Waals surface area contributed by atoms with Crippen LogP contribution in [0.5, 0.6) is 0 Å². The highest BCUT2D eigenvalue weighted by Gasteiger charge is 2.10. The molecule has 0 aliphatic heterocycles. The van der Waals surface area contributed by atoms with Crippen molar-refractivity contribution in [1.82, 2.24) is 5.32 Å². The molecule has 0 saturated carbocycles. The molecule has 0 spiro atoms. The second-order valence-corrected chi connectivity index (χ2v) is 6.06. The van der Waals surface area contributed by atoms with Crippen LogP contribution in [0.2, 0.25) is 0 Å². The van der Waals surface area contributed by atoms with E-state index in [4.69, 9.17) is 0 Å². The Hall–Kier alpha value is -2.56. The van der Waals surface area contributed by atoms with Crippen LogP contribution in [-0.4, -0.2) is 18.2 Å². The van der Waals surface area contributed by atoms with Crippen molar-refractivity contribution in [1.29, 1.82) is 0 Å². The highest BCUT2D eigenvalue weighted by atomic mass is 19.1. The second kappa shape index (κ2) is 8.51. The van der Waals surface area contributed by atoms with Crippen molar-refractivity contribution < 1.29 is 18.4 Å². The van der Waals surface area contributed by atoms with Crippen LogP contribution in [0.3, 0.4) is 0 Å². The SMILES string of the molecule is Cc1ccc(C(=O)CCC(=O)NCCc2ccc(F)cc2F)cc1C. The molecule has 0 atom stereocenters. The van der Waals surface area contributed by atoms with Gasteiger partial charge in [0.05, 0.1) is 0 Å². The van der Waals surface area contributed by atoms with Gasteiger partial charge >= 0.3 is 0 Å². The smallest absolute Gasteiger partial charge is 0.220 e. The Labute approximate surface area is 146 Å². The number of rotatable bonds is 7. The Morgan fingerprint density at radius 1 is 0.960 bits per heavy atom. The first kappa shape index (κ1) is 18.8. The normalized spacial score (nSPS) is 10.6. The lowest BCUT2D eigenvalue weighted by atomic mass is 10.0. The Balaban J connectivity index is 1.76. The first-order valence-corrected chi connectivity index (χ1v) is 8.18. The predicted octanol–water partition coefficient (Wildman–Crippen LogP) is 3.90. The van der Waals surface area contributed by atoms with Crippen LogP contribution < -0.4 is 5.32 Å². The van der Waals surface area contributed by atoms with E-state index < -0.39 is 11.6 Å².